The fraction of sp³-hybridized carbons (Fsp3) is 0.192. The quantitative estimate of drug-likeness (QED) is 0.196. The SMILES string of the molecule is CCc1ccc(C(=O)NCc2nnc(SCc3ccccc3C)n2-c2ccc([N+](=O)[O-])cc2)cc1. The summed E-state index contributed by atoms with van der Waals surface area (Å²) in [6, 6.07) is 21.8. The number of non-ortho nitro benzene ring substituents is 1. The number of benzene rings is 3. The molecule has 4 aromatic rings. The van der Waals surface area contributed by atoms with Gasteiger partial charge in [0, 0.05) is 29.1 Å². The van der Waals surface area contributed by atoms with Crippen LogP contribution in [0.25, 0.3) is 5.69 Å². The first-order chi connectivity index (χ1) is 17.0. The van der Waals surface area contributed by atoms with Gasteiger partial charge in [-0.05, 0) is 54.3 Å². The smallest absolute Gasteiger partial charge is 0.269 e. The van der Waals surface area contributed by atoms with Crippen LogP contribution < -0.4 is 5.32 Å². The number of thioether (sulfide) groups is 1. The van der Waals surface area contributed by atoms with Crippen LogP contribution in [-0.2, 0) is 18.7 Å². The minimum Gasteiger partial charge on any atom is -0.345 e. The molecule has 0 aliphatic rings. The van der Waals surface area contributed by atoms with Gasteiger partial charge in [-0.3, -0.25) is 19.5 Å². The Morgan fingerprint density at radius 2 is 1.74 bits per heavy atom. The molecule has 0 aliphatic heterocycles. The molecule has 0 spiro atoms. The molecule has 1 amide bonds. The summed E-state index contributed by atoms with van der Waals surface area (Å²) in [4.78, 5) is 23.4. The maximum atomic E-state index is 12.7. The highest BCUT2D eigenvalue weighted by atomic mass is 32.2. The van der Waals surface area contributed by atoms with Gasteiger partial charge in [-0.25, -0.2) is 0 Å². The minimum atomic E-state index is -0.436. The third-order valence-corrected chi connectivity index (χ3v) is 6.65. The molecule has 1 N–H and O–H groups in total. The van der Waals surface area contributed by atoms with Gasteiger partial charge in [-0.15, -0.1) is 10.2 Å². The molecular weight excluding hydrogens is 462 g/mol. The predicted octanol–water partition coefficient (Wildman–Crippen LogP) is 5.27. The van der Waals surface area contributed by atoms with Crippen LogP contribution in [0, 0.1) is 17.0 Å². The highest BCUT2D eigenvalue weighted by Gasteiger charge is 2.17. The molecule has 0 fully saturated rings. The van der Waals surface area contributed by atoms with Crippen molar-refractivity contribution in [3.05, 3.63) is 111 Å². The molecule has 9 heteroatoms. The van der Waals surface area contributed by atoms with E-state index in [1.807, 2.05) is 28.8 Å². The van der Waals surface area contributed by atoms with Crippen LogP contribution in [0.1, 0.15) is 39.8 Å². The number of carbonyl (C=O) groups excluding carboxylic acids is 1. The number of nitrogens with zero attached hydrogens (tertiary/aromatic N) is 4. The molecule has 8 nitrogen and oxygen atoms in total. The first-order valence-corrected chi connectivity index (χ1v) is 12.2. The van der Waals surface area contributed by atoms with Gasteiger partial charge in [-0.1, -0.05) is 55.1 Å². The Morgan fingerprint density at radius 1 is 1.03 bits per heavy atom. The van der Waals surface area contributed by atoms with E-state index >= 15 is 0 Å². The monoisotopic (exact) mass is 487 g/mol. The number of hydrogen-bond donors (Lipinski definition) is 1. The molecule has 1 heterocycles. The predicted molar refractivity (Wildman–Crippen MR) is 136 cm³/mol. The lowest BCUT2D eigenvalue weighted by atomic mass is 10.1. The van der Waals surface area contributed by atoms with E-state index in [1.165, 1.54) is 35.0 Å². The maximum absolute atomic E-state index is 12.7. The lowest BCUT2D eigenvalue weighted by Crippen LogP contribution is -2.24. The third kappa shape index (κ3) is 5.75. The first-order valence-electron chi connectivity index (χ1n) is 11.2. The van der Waals surface area contributed by atoms with Gasteiger partial charge in [0.1, 0.15) is 0 Å². The Labute approximate surface area is 207 Å². The summed E-state index contributed by atoms with van der Waals surface area (Å²) in [5.74, 6) is 1.01. The maximum Gasteiger partial charge on any atom is 0.269 e. The number of rotatable bonds is 9. The number of aryl methyl sites for hydroxylation is 2. The first kappa shape index (κ1) is 24.2. The van der Waals surface area contributed by atoms with E-state index in [-0.39, 0.29) is 18.1 Å². The van der Waals surface area contributed by atoms with Crippen LogP contribution >= 0.6 is 11.8 Å². The largest absolute Gasteiger partial charge is 0.345 e. The number of nitrogens with one attached hydrogen (secondary N) is 1. The summed E-state index contributed by atoms with van der Waals surface area (Å²) >= 11 is 1.52. The van der Waals surface area contributed by atoms with Crippen LogP contribution in [0.3, 0.4) is 0 Å². The number of nitro benzene ring substituents is 1. The summed E-state index contributed by atoms with van der Waals surface area (Å²) in [7, 11) is 0. The normalized spacial score (nSPS) is 10.8. The number of nitro groups is 1. The Hall–Kier alpha value is -3.98. The van der Waals surface area contributed by atoms with Crippen molar-refractivity contribution < 1.29 is 9.72 Å². The van der Waals surface area contributed by atoms with Crippen molar-refractivity contribution in [3.63, 3.8) is 0 Å². The number of aromatic nitrogens is 3. The minimum absolute atomic E-state index is 0.00122. The molecule has 0 unspecified atom stereocenters. The fourth-order valence-corrected chi connectivity index (χ4v) is 4.61. The molecule has 0 bridgehead atoms. The summed E-state index contributed by atoms with van der Waals surface area (Å²) in [5, 5.41) is 23.3. The molecule has 4 rings (SSSR count). The molecule has 35 heavy (non-hydrogen) atoms. The Balaban J connectivity index is 1.58. The standard InChI is InChI=1S/C26H25N5O3S/c1-3-19-8-10-20(11-9-19)25(32)27-16-24-28-29-26(35-17-21-7-5-4-6-18(21)2)30(24)22-12-14-23(15-13-22)31(33)34/h4-15H,3,16-17H2,1-2H3,(H,27,32). The van der Waals surface area contributed by atoms with Crippen LogP contribution in [0.4, 0.5) is 5.69 Å². The van der Waals surface area contributed by atoms with Gasteiger partial charge in [0.05, 0.1) is 11.5 Å². The highest BCUT2D eigenvalue weighted by molar-refractivity contribution is 7.98. The van der Waals surface area contributed by atoms with E-state index in [9.17, 15) is 14.9 Å². The van der Waals surface area contributed by atoms with Crippen molar-refractivity contribution in [2.75, 3.05) is 0 Å². The molecule has 0 atom stereocenters. The van der Waals surface area contributed by atoms with Crippen molar-refractivity contribution in [2.45, 2.75) is 37.7 Å². The summed E-state index contributed by atoms with van der Waals surface area (Å²) < 4.78 is 1.83. The van der Waals surface area contributed by atoms with Gasteiger partial charge in [0.25, 0.3) is 11.6 Å². The van der Waals surface area contributed by atoms with Crippen LogP contribution in [-0.4, -0.2) is 25.6 Å². The Bertz CT molecular complexity index is 1330. The second-order valence-corrected chi connectivity index (χ2v) is 8.90. The van der Waals surface area contributed by atoms with E-state index in [0.717, 1.165) is 12.0 Å². The second kappa shape index (κ2) is 11.0. The van der Waals surface area contributed by atoms with Crippen LogP contribution in [0.15, 0.2) is 78.0 Å². The number of hydrogen-bond acceptors (Lipinski definition) is 6. The molecule has 0 saturated heterocycles. The molecule has 178 valence electrons. The molecule has 1 aromatic heterocycles. The van der Waals surface area contributed by atoms with Crippen molar-refractivity contribution in [2.24, 2.45) is 0 Å². The van der Waals surface area contributed by atoms with Gasteiger partial charge in [0.2, 0.25) is 0 Å². The van der Waals surface area contributed by atoms with E-state index in [1.54, 1.807) is 24.3 Å². The molecule has 3 aromatic carbocycles. The van der Waals surface area contributed by atoms with Crippen LogP contribution in [0.5, 0.6) is 0 Å². The summed E-state index contributed by atoms with van der Waals surface area (Å²) in [5.41, 5.74) is 4.78. The molecule has 0 aliphatic carbocycles. The highest BCUT2D eigenvalue weighted by Crippen LogP contribution is 2.27. The Morgan fingerprint density at radius 3 is 2.40 bits per heavy atom. The van der Waals surface area contributed by atoms with Gasteiger partial charge in [0.15, 0.2) is 11.0 Å². The van der Waals surface area contributed by atoms with E-state index in [4.69, 9.17) is 0 Å². The van der Waals surface area contributed by atoms with E-state index < -0.39 is 4.92 Å². The lowest BCUT2D eigenvalue weighted by molar-refractivity contribution is -0.384. The van der Waals surface area contributed by atoms with Crippen molar-refractivity contribution in [1.29, 1.82) is 0 Å². The van der Waals surface area contributed by atoms with Crippen molar-refractivity contribution in [3.8, 4) is 5.69 Å². The van der Waals surface area contributed by atoms with E-state index in [2.05, 4.69) is 41.5 Å². The van der Waals surface area contributed by atoms with Gasteiger partial charge in [-0.2, -0.15) is 0 Å². The average molecular weight is 488 g/mol. The van der Waals surface area contributed by atoms with Crippen molar-refractivity contribution >= 4 is 23.4 Å². The number of amides is 1. The fourth-order valence-electron chi connectivity index (χ4n) is 3.56. The van der Waals surface area contributed by atoms with Gasteiger partial charge < -0.3 is 5.32 Å². The summed E-state index contributed by atoms with van der Waals surface area (Å²) in [6.45, 7) is 4.28. The average Bonchev–Trinajstić information content (AvgIpc) is 3.29. The van der Waals surface area contributed by atoms with E-state index in [0.29, 0.717) is 28.0 Å². The zero-order valence-electron chi connectivity index (χ0n) is 19.5. The molecule has 0 radical (unpaired) electrons. The second-order valence-electron chi connectivity index (χ2n) is 7.96. The Kier molecular flexibility index (Phi) is 7.57. The zero-order valence-corrected chi connectivity index (χ0v) is 20.3. The third-order valence-electron chi connectivity index (χ3n) is 5.67. The van der Waals surface area contributed by atoms with Gasteiger partial charge >= 0.3 is 0 Å². The van der Waals surface area contributed by atoms with Crippen LogP contribution in [0.2, 0.25) is 0 Å². The topological polar surface area (TPSA) is 103 Å². The number of carbonyl (C=O) groups is 1. The zero-order chi connectivity index (χ0) is 24.8. The van der Waals surface area contributed by atoms with Crippen molar-refractivity contribution in [1.82, 2.24) is 20.1 Å². The molecule has 0 saturated carbocycles. The summed E-state index contributed by atoms with van der Waals surface area (Å²) in [6.07, 6.45) is 0.906. The molecular formula is C26H25N5O3S. The lowest BCUT2D eigenvalue weighted by Gasteiger charge is -2.12.